The summed E-state index contributed by atoms with van der Waals surface area (Å²) in [6, 6.07) is 12.4. The van der Waals surface area contributed by atoms with Crippen LogP contribution in [0.1, 0.15) is 21.5 Å². The predicted octanol–water partition coefficient (Wildman–Crippen LogP) is 2.44. The molecular formula is C17H12NO3S-. The molecule has 3 rings (SSSR count). The van der Waals surface area contributed by atoms with Crippen LogP contribution in [0.4, 0.5) is 5.69 Å². The molecule has 0 fully saturated rings. The fourth-order valence-corrected chi connectivity index (χ4v) is 3.13. The highest BCUT2D eigenvalue weighted by Crippen LogP contribution is 2.39. The normalized spacial score (nSPS) is 15.3. The molecule has 0 aliphatic carbocycles. The Morgan fingerprint density at radius 3 is 2.77 bits per heavy atom. The number of rotatable bonds is 2. The third-order valence-electron chi connectivity index (χ3n) is 3.25. The number of carboxylic acid groups (broad SMARTS) is 1. The van der Waals surface area contributed by atoms with E-state index in [1.807, 2.05) is 37.3 Å². The maximum Gasteiger partial charge on any atom is 0.262 e. The molecule has 1 amide bonds. The molecule has 0 saturated carbocycles. The Labute approximate surface area is 131 Å². The molecule has 0 saturated heterocycles. The van der Waals surface area contributed by atoms with Gasteiger partial charge < -0.3 is 15.2 Å². The molecule has 1 aliphatic rings. The number of hydrogen-bond acceptors (Lipinski definition) is 4. The molecular weight excluding hydrogens is 298 g/mol. The Hall–Kier alpha value is -2.53. The summed E-state index contributed by atoms with van der Waals surface area (Å²) in [4.78, 5) is 24.4. The molecule has 0 radical (unpaired) electrons. The van der Waals surface area contributed by atoms with Gasteiger partial charge in [0, 0.05) is 4.90 Å². The van der Waals surface area contributed by atoms with Crippen LogP contribution in [-0.2, 0) is 4.79 Å². The van der Waals surface area contributed by atoms with Crippen LogP contribution in [0.15, 0.2) is 52.3 Å². The summed E-state index contributed by atoms with van der Waals surface area (Å²) >= 11 is 1.32. The number of carboxylic acids is 1. The van der Waals surface area contributed by atoms with Crippen LogP contribution >= 0.6 is 11.8 Å². The van der Waals surface area contributed by atoms with Gasteiger partial charge >= 0.3 is 0 Å². The highest BCUT2D eigenvalue weighted by atomic mass is 32.2. The van der Waals surface area contributed by atoms with Gasteiger partial charge in [-0.3, -0.25) is 4.79 Å². The molecule has 110 valence electrons. The summed E-state index contributed by atoms with van der Waals surface area (Å²) in [5, 5.41) is 13.6. The summed E-state index contributed by atoms with van der Waals surface area (Å²) in [6.45, 7) is 1.99. The van der Waals surface area contributed by atoms with E-state index in [4.69, 9.17) is 0 Å². The fourth-order valence-electron chi connectivity index (χ4n) is 2.20. The van der Waals surface area contributed by atoms with Crippen LogP contribution in [0.2, 0.25) is 0 Å². The first-order chi connectivity index (χ1) is 10.5. The minimum absolute atomic E-state index is 0.0470. The summed E-state index contributed by atoms with van der Waals surface area (Å²) in [5.41, 5.74) is 2.62. The van der Waals surface area contributed by atoms with Crippen molar-refractivity contribution in [1.29, 1.82) is 0 Å². The maximum atomic E-state index is 12.2. The number of amides is 1. The molecule has 0 atom stereocenters. The number of thioether (sulfide) groups is 1. The van der Waals surface area contributed by atoms with Crippen molar-refractivity contribution in [3.8, 4) is 0 Å². The zero-order chi connectivity index (χ0) is 15.7. The lowest BCUT2D eigenvalue weighted by Crippen LogP contribution is -2.23. The minimum Gasteiger partial charge on any atom is -0.545 e. The van der Waals surface area contributed by atoms with Crippen LogP contribution in [0.5, 0.6) is 0 Å². The van der Waals surface area contributed by atoms with Gasteiger partial charge in [0.25, 0.3) is 5.91 Å². The summed E-state index contributed by atoms with van der Waals surface area (Å²) in [7, 11) is 0. The van der Waals surface area contributed by atoms with Crippen molar-refractivity contribution in [3.05, 3.63) is 64.1 Å². The van der Waals surface area contributed by atoms with E-state index in [0.717, 1.165) is 16.0 Å². The number of carbonyl (C=O) groups excluding carboxylic acids is 2. The first kappa shape index (κ1) is 14.4. The standard InChI is InChI=1S/C17H13NO3S/c1-10-3-2-4-11(7-10)8-15-16(19)18-13-9-12(17(20)21)5-6-14(13)22-15/h2-9H,1H3,(H,18,19)(H,20,21)/p-1. The molecule has 0 aromatic heterocycles. The van der Waals surface area contributed by atoms with E-state index < -0.39 is 5.97 Å². The Morgan fingerprint density at radius 1 is 1.23 bits per heavy atom. The van der Waals surface area contributed by atoms with Crippen molar-refractivity contribution in [1.82, 2.24) is 0 Å². The second-order valence-electron chi connectivity index (χ2n) is 4.98. The number of hydrogen-bond donors (Lipinski definition) is 1. The lowest BCUT2D eigenvalue weighted by molar-refractivity contribution is -0.255. The van der Waals surface area contributed by atoms with Gasteiger partial charge in [-0.05, 0) is 36.3 Å². The summed E-state index contributed by atoms with van der Waals surface area (Å²) < 4.78 is 0. The van der Waals surface area contributed by atoms with E-state index in [9.17, 15) is 14.7 Å². The average Bonchev–Trinajstić information content (AvgIpc) is 2.47. The molecule has 2 aromatic rings. The van der Waals surface area contributed by atoms with Gasteiger partial charge in [0.05, 0.1) is 16.6 Å². The Kier molecular flexibility index (Phi) is 3.73. The number of aryl methyl sites for hydroxylation is 1. The molecule has 0 unspecified atom stereocenters. The SMILES string of the molecule is Cc1cccc(C=C2Sc3ccc(C(=O)[O-])cc3NC2=O)c1. The zero-order valence-electron chi connectivity index (χ0n) is 11.8. The van der Waals surface area contributed by atoms with Crippen molar-refractivity contribution in [3.63, 3.8) is 0 Å². The lowest BCUT2D eigenvalue weighted by atomic mass is 10.1. The van der Waals surface area contributed by atoms with Crippen LogP contribution in [-0.4, -0.2) is 11.9 Å². The van der Waals surface area contributed by atoms with E-state index >= 15 is 0 Å². The molecule has 4 nitrogen and oxygen atoms in total. The van der Waals surface area contributed by atoms with E-state index in [-0.39, 0.29) is 11.5 Å². The van der Waals surface area contributed by atoms with E-state index in [1.54, 1.807) is 6.07 Å². The number of carbonyl (C=O) groups is 2. The van der Waals surface area contributed by atoms with E-state index in [0.29, 0.717) is 10.6 Å². The van der Waals surface area contributed by atoms with Gasteiger partial charge in [-0.2, -0.15) is 0 Å². The molecule has 1 N–H and O–H groups in total. The van der Waals surface area contributed by atoms with Crippen molar-refractivity contribution in [2.24, 2.45) is 0 Å². The molecule has 5 heteroatoms. The van der Waals surface area contributed by atoms with Gasteiger partial charge in [0.2, 0.25) is 0 Å². The molecule has 22 heavy (non-hydrogen) atoms. The molecule has 0 bridgehead atoms. The smallest absolute Gasteiger partial charge is 0.262 e. The quantitative estimate of drug-likeness (QED) is 0.865. The van der Waals surface area contributed by atoms with Crippen LogP contribution < -0.4 is 10.4 Å². The minimum atomic E-state index is -1.26. The van der Waals surface area contributed by atoms with Crippen molar-refractivity contribution in [2.45, 2.75) is 11.8 Å². The van der Waals surface area contributed by atoms with Crippen molar-refractivity contribution < 1.29 is 14.7 Å². The number of anilines is 1. The predicted molar refractivity (Wildman–Crippen MR) is 84.4 cm³/mol. The Balaban J connectivity index is 1.95. The first-order valence-electron chi connectivity index (χ1n) is 6.66. The van der Waals surface area contributed by atoms with Gasteiger partial charge in [0.15, 0.2) is 0 Å². The molecule has 1 heterocycles. The maximum absolute atomic E-state index is 12.2. The van der Waals surface area contributed by atoms with Crippen molar-refractivity contribution >= 4 is 35.4 Å². The fraction of sp³-hybridized carbons (Fsp3) is 0.0588. The van der Waals surface area contributed by atoms with Gasteiger partial charge in [-0.15, -0.1) is 0 Å². The monoisotopic (exact) mass is 310 g/mol. The number of fused-ring (bicyclic) bond motifs is 1. The third kappa shape index (κ3) is 2.89. The highest BCUT2D eigenvalue weighted by molar-refractivity contribution is 8.04. The Morgan fingerprint density at radius 2 is 2.05 bits per heavy atom. The van der Waals surface area contributed by atoms with Crippen LogP contribution in [0, 0.1) is 6.92 Å². The van der Waals surface area contributed by atoms with E-state index in [1.165, 1.54) is 23.9 Å². The van der Waals surface area contributed by atoms with Gasteiger partial charge in [-0.1, -0.05) is 47.7 Å². The molecule has 2 aromatic carbocycles. The summed E-state index contributed by atoms with van der Waals surface area (Å²) in [5.74, 6) is -1.50. The molecule has 0 spiro atoms. The zero-order valence-corrected chi connectivity index (χ0v) is 12.6. The second kappa shape index (κ2) is 5.69. The van der Waals surface area contributed by atoms with E-state index in [2.05, 4.69) is 5.32 Å². The van der Waals surface area contributed by atoms with Gasteiger partial charge in [-0.25, -0.2) is 0 Å². The lowest BCUT2D eigenvalue weighted by Gasteiger charge is -2.19. The molecule has 1 aliphatic heterocycles. The van der Waals surface area contributed by atoms with Crippen molar-refractivity contribution in [2.75, 3.05) is 5.32 Å². The van der Waals surface area contributed by atoms with Gasteiger partial charge in [0.1, 0.15) is 0 Å². The topological polar surface area (TPSA) is 69.2 Å². The highest BCUT2D eigenvalue weighted by Gasteiger charge is 2.21. The average molecular weight is 310 g/mol. The summed E-state index contributed by atoms with van der Waals surface area (Å²) in [6.07, 6.45) is 1.82. The number of nitrogens with one attached hydrogen (secondary N) is 1. The van der Waals surface area contributed by atoms with Crippen LogP contribution in [0.25, 0.3) is 6.08 Å². The number of aromatic carboxylic acids is 1. The Bertz CT molecular complexity index is 811. The van der Waals surface area contributed by atoms with Crippen LogP contribution in [0.3, 0.4) is 0 Å². The number of benzene rings is 2. The first-order valence-corrected chi connectivity index (χ1v) is 7.47. The third-order valence-corrected chi connectivity index (χ3v) is 4.35. The largest absolute Gasteiger partial charge is 0.545 e. The second-order valence-corrected chi connectivity index (χ2v) is 6.06.